The van der Waals surface area contributed by atoms with Crippen molar-refractivity contribution in [2.24, 2.45) is 0 Å². The van der Waals surface area contributed by atoms with E-state index in [1.54, 1.807) is 0 Å². The van der Waals surface area contributed by atoms with Crippen LogP contribution in [0.3, 0.4) is 0 Å². The molecule has 23 heavy (non-hydrogen) atoms. The lowest BCUT2D eigenvalue weighted by atomic mass is 9.74. The van der Waals surface area contributed by atoms with E-state index in [1.807, 2.05) is 12.1 Å². The van der Waals surface area contributed by atoms with Crippen LogP contribution in [0.5, 0.6) is 0 Å². The summed E-state index contributed by atoms with van der Waals surface area (Å²) in [6, 6.07) is 8.26. The molecule has 1 aromatic rings. The number of hydrogen-bond acceptors (Lipinski definition) is 2. The van der Waals surface area contributed by atoms with Crippen molar-refractivity contribution in [2.75, 3.05) is 31.1 Å². The Balaban J connectivity index is 1.73. The van der Waals surface area contributed by atoms with Gasteiger partial charge in [-0.2, -0.15) is 13.2 Å². The molecule has 0 aromatic heterocycles. The van der Waals surface area contributed by atoms with E-state index in [9.17, 15) is 18.0 Å². The van der Waals surface area contributed by atoms with E-state index in [-0.39, 0.29) is 5.41 Å². The van der Waals surface area contributed by atoms with Gasteiger partial charge in [0.2, 0.25) is 5.91 Å². The molecule has 1 amide bonds. The molecule has 6 heteroatoms. The maximum atomic E-state index is 12.4. The third-order valence-corrected chi connectivity index (χ3v) is 5.12. The summed E-state index contributed by atoms with van der Waals surface area (Å²) < 4.78 is 37.2. The Morgan fingerprint density at radius 3 is 2.48 bits per heavy atom. The SMILES string of the molecule is CCN1CC2(CCN(C(=O)CC(F)(F)F)CC2)c2ccccc21. The second-order valence-corrected chi connectivity index (χ2v) is 6.48. The van der Waals surface area contributed by atoms with Gasteiger partial charge in [0.15, 0.2) is 0 Å². The van der Waals surface area contributed by atoms with E-state index < -0.39 is 18.5 Å². The monoisotopic (exact) mass is 326 g/mol. The summed E-state index contributed by atoms with van der Waals surface area (Å²) in [6.45, 7) is 4.72. The van der Waals surface area contributed by atoms with Gasteiger partial charge in [0.1, 0.15) is 6.42 Å². The van der Waals surface area contributed by atoms with Crippen LogP contribution in [-0.2, 0) is 10.2 Å². The van der Waals surface area contributed by atoms with Crippen molar-refractivity contribution >= 4 is 11.6 Å². The van der Waals surface area contributed by atoms with Gasteiger partial charge >= 0.3 is 6.18 Å². The number of carbonyl (C=O) groups is 1. The topological polar surface area (TPSA) is 23.6 Å². The maximum Gasteiger partial charge on any atom is 0.397 e. The van der Waals surface area contributed by atoms with Gasteiger partial charge in [0.05, 0.1) is 0 Å². The molecule has 0 atom stereocenters. The molecule has 1 aromatic carbocycles. The predicted octanol–water partition coefficient (Wildman–Crippen LogP) is 3.34. The van der Waals surface area contributed by atoms with E-state index in [0.717, 1.165) is 25.9 Å². The number of para-hydroxylation sites is 1. The smallest absolute Gasteiger partial charge is 0.371 e. The number of carbonyl (C=O) groups excluding carboxylic acids is 1. The zero-order valence-corrected chi connectivity index (χ0v) is 13.2. The first kappa shape index (κ1) is 16.1. The Morgan fingerprint density at radius 2 is 1.87 bits per heavy atom. The Bertz CT molecular complexity index is 592. The van der Waals surface area contributed by atoms with Crippen LogP contribution >= 0.6 is 0 Å². The number of anilines is 1. The number of amides is 1. The third kappa shape index (κ3) is 3.03. The molecule has 0 radical (unpaired) electrons. The number of benzene rings is 1. The standard InChI is InChI=1S/C17H21F3N2O/c1-2-21-12-16(13-5-3-4-6-14(13)21)7-9-22(10-8-16)15(23)11-17(18,19)20/h3-6H,2,7-12H2,1H3. The molecule has 1 spiro atoms. The fraction of sp³-hybridized carbons (Fsp3) is 0.588. The van der Waals surface area contributed by atoms with E-state index in [0.29, 0.717) is 13.1 Å². The van der Waals surface area contributed by atoms with Gasteiger partial charge in [0.25, 0.3) is 0 Å². The zero-order valence-electron chi connectivity index (χ0n) is 13.2. The number of likely N-dealkylation sites (N-methyl/N-ethyl adjacent to an activating group) is 1. The molecule has 0 N–H and O–H groups in total. The summed E-state index contributed by atoms with van der Waals surface area (Å²) in [5.74, 6) is -0.800. The van der Waals surface area contributed by atoms with Gasteiger partial charge in [-0.05, 0) is 31.4 Å². The van der Waals surface area contributed by atoms with Crippen LogP contribution in [0.2, 0.25) is 0 Å². The Morgan fingerprint density at radius 1 is 1.22 bits per heavy atom. The summed E-state index contributed by atoms with van der Waals surface area (Å²) in [5, 5.41) is 0. The molecule has 0 bridgehead atoms. The van der Waals surface area contributed by atoms with E-state index >= 15 is 0 Å². The van der Waals surface area contributed by atoms with Crippen LogP contribution in [0.15, 0.2) is 24.3 Å². The van der Waals surface area contributed by atoms with Crippen molar-refractivity contribution in [1.29, 1.82) is 0 Å². The maximum absolute atomic E-state index is 12.4. The molecule has 126 valence electrons. The van der Waals surface area contributed by atoms with Crippen LogP contribution in [0.25, 0.3) is 0 Å². The molecule has 2 heterocycles. The van der Waals surface area contributed by atoms with Crippen LogP contribution in [0.4, 0.5) is 18.9 Å². The van der Waals surface area contributed by atoms with Gasteiger partial charge in [-0.3, -0.25) is 4.79 Å². The Kier molecular flexibility index (Phi) is 4.02. The number of alkyl halides is 3. The molecule has 1 saturated heterocycles. The van der Waals surface area contributed by atoms with Crippen molar-refractivity contribution in [3.05, 3.63) is 29.8 Å². The number of halogens is 3. The average molecular weight is 326 g/mol. The second kappa shape index (κ2) is 5.73. The molecule has 2 aliphatic heterocycles. The third-order valence-electron chi connectivity index (χ3n) is 5.12. The van der Waals surface area contributed by atoms with E-state index in [4.69, 9.17) is 0 Å². The number of fused-ring (bicyclic) bond motifs is 2. The molecule has 3 nitrogen and oxygen atoms in total. The number of nitrogens with zero attached hydrogens (tertiary/aromatic N) is 2. The summed E-state index contributed by atoms with van der Waals surface area (Å²) in [6.07, 6.45) is -4.32. The van der Waals surface area contributed by atoms with Crippen molar-refractivity contribution in [3.8, 4) is 0 Å². The number of likely N-dealkylation sites (tertiary alicyclic amines) is 1. The number of piperidine rings is 1. The summed E-state index contributed by atoms with van der Waals surface area (Å²) in [4.78, 5) is 15.5. The van der Waals surface area contributed by atoms with Crippen LogP contribution < -0.4 is 4.90 Å². The molecule has 0 unspecified atom stereocenters. The van der Waals surface area contributed by atoms with Gasteiger partial charge in [-0.25, -0.2) is 0 Å². The highest BCUT2D eigenvalue weighted by Crippen LogP contribution is 2.46. The Labute approximate surface area is 134 Å². The number of hydrogen-bond donors (Lipinski definition) is 0. The summed E-state index contributed by atoms with van der Waals surface area (Å²) >= 11 is 0. The minimum absolute atomic E-state index is 0.0262. The van der Waals surface area contributed by atoms with Gasteiger partial charge in [0, 0.05) is 37.3 Å². The average Bonchev–Trinajstić information content (AvgIpc) is 2.81. The van der Waals surface area contributed by atoms with Crippen LogP contribution in [0.1, 0.15) is 31.7 Å². The molecule has 1 fully saturated rings. The minimum atomic E-state index is -4.43. The highest BCUT2D eigenvalue weighted by Gasteiger charge is 2.45. The molecular formula is C17H21F3N2O. The fourth-order valence-electron chi connectivity index (χ4n) is 3.91. The summed E-state index contributed by atoms with van der Waals surface area (Å²) in [5.41, 5.74) is 2.48. The van der Waals surface area contributed by atoms with Gasteiger partial charge < -0.3 is 9.80 Å². The lowest BCUT2D eigenvalue weighted by molar-refractivity contribution is -0.162. The normalized spacial score (nSPS) is 20.0. The van der Waals surface area contributed by atoms with Crippen molar-refractivity contribution in [2.45, 2.75) is 37.8 Å². The molecular weight excluding hydrogens is 305 g/mol. The minimum Gasteiger partial charge on any atom is -0.371 e. The quantitative estimate of drug-likeness (QED) is 0.832. The highest BCUT2D eigenvalue weighted by molar-refractivity contribution is 5.77. The van der Waals surface area contributed by atoms with Crippen molar-refractivity contribution in [3.63, 3.8) is 0 Å². The lowest BCUT2D eigenvalue weighted by Gasteiger charge is -2.40. The van der Waals surface area contributed by atoms with Crippen LogP contribution in [0, 0.1) is 0 Å². The molecule has 2 aliphatic rings. The first-order chi connectivity index (χ1) is 10.8. The molecule has 0 aliphatic carbocycles. The first-order valence-electron chi connectivity index (χ1n) is 8.04. The first-order valence-corrected chi connectivity index (χ1v) is 8.04. The zero-order chi connectivity index (χ0) is 16.7. The fourth-order valence-corrected chi connectivity index (χ4v) is 3.91. The lowest BCUT2D eigenvalue weighted by Crippen LogP contribution is -2.47. The molecule has 3 rings (SSSR count). The predicted molar refractivity (Wildman–Crippen MR) is 82.5 cm³/mol. The van der Waals surface area contributed by atoms with Crippen molar-refractivity contribution < 1.29 is 18.0 Å². The number of rotatable bonds is 2. The van der Waals surface area contributed by atoms with Crippen LogP contribution in [-0.4, -0.2) is 43.2 Å². The van der Waals surface area contributed by atoms with Gasteiger partial charge in [-0.1, -0.05) is 18.2 Å². The van der Waals surface area contributed by atoms with E-state index in [1.165, 1.54) is 16.2 Å². The summed E-state index contributed by atoms with van der Waals surface area (Å²) in [7, 11) is 0. The van der Waals surface area contributed by atoms with Crippen molar-refractivity contribution in [1.82, 2.24) is 4.90 Å². The second-order valence-electron chi connectivity index (χ2n) is 6.48. The largest absolute Gasteiger partial charge is 0.397 e. The molecule has 0 saturated carbocycles. The Hall–Kier alpha value is -1.72. The van der Waals surface area contributed by atoms with E-state index in [2.05, 4.69) is 24.0 Å². The van der Waals surface area contributed by atoms with Gasteiger partial charge in [-0.15, -0.1) is 0 Å². The highest BCUT2D eigenvalue weighted by atomic mass is 19.4.